The van der Waals surface area contributed by atoms with Crippen molar-refractivity contribution in [3.8, 4) is 0 Å². The van der Waals surface area contributed by atoms with E-state index in [0.29, 0.717) is 43.2 Å². The standard InChI is InChI=1S/C22H26N4O6S/c1-16-3-6-20(13-21(16)33(29,30)26-9-11-31-12-10-26)25-22(28)15-32-23-14-18-4-7-19(8-5-18)24-17(2)27/h3-8,13-14H,9-12,15H2,1-2H3,(H,24,27)(H,25,28). The molecule has 2 N–H and O–H groups in total. The van der Waals surface area contributed by atoms with Gasteiger partial charge in [0, 0.05) is 31.4 Å². The number of sulfonamides is 1. The summed E-state index contributed by atoms with van der Waals surface area (Å²) in [5.41, 5.74) is 2.32. The second-order valence-corrected chi connectivity index (χ2v) is 9.26. The summed E-state index contributed by atoms with van der Waals surface area (Å²) in [5, 5.41) is 9.04. The molecule has 0 bridgehead atoms. The number of rotatable bonds is 8. The number of nitrogens with zero attached hydrogens (tertiary/aromatic N) is 2. The molecule has 1 aliphatic rings. The Morgan fingerprint density at radius 2 is 1.76 bits per heavy atom. The number of benzene rings is 2. The second-order valence-electron chi connectivity index (χ2n) is 7.36. The summed E-state index contributed by atoms with van der Waals surface area (Å²) in [6.45, 7) is 4.08. The molecule has 10 nitrogen and oxygen atoms in total. The molecule has 0 spiro atoms. The molecule has 0 aromatic heterocycles. The second kappa shape index (κ2) is 11.0. The fourth-order valence-electron chi connectivity index (χ4n) is 3.13. The van der Waals surface area contributed by atoms with Crippen molar-refractivity contribution >= 4 is 39.4 Å². The molecule has 33 heavy (non-hydrogen) atoms. The first-order chi connectivity index (χ1) is 15.8. The summed E-state index contributed by atoms with van der Waals surface area (Å²) in [6.07, 6.45) is 1.43. The highest BCUT2D eigenvalue weighted by Crippen LogP contribution is 2.24. The highest BCUT2D eigenvalue weighted by Gasteiger charge is 2.28. The molecule has 1 saturated heterocycles. The minimum absolute atomic E-state index is 0.142. The van der Waals surface area contributed by atoms with Gasteiger partial charge in [0.15, 0.2) is 6.61 Å². The van der Waals surface area contributed by atoms with Gasteiger partial charge in [-0.25, -0.2) is 8.42 Å². The Kier molecular flexibility index (Phi) is 8.15. The fourth-order valence-corrected chi connectivity index (χ4v) is 4.79. The summed E-state index contributed by atoms with van der Waals surface area (Å²) < 4.78 is 32.5. The van der Waals surface area contributed by atoms with Crippen LogP contribution in [0.15, 0.2) is 52.5 Å². The van der Waals surface area contributed by atoms with Gasteiger partial charge in [-0.15, -0.1) is 0 Å². The van der Waals surface area contributed by atoms with Crippen LogP contribution in [0.5, 0.6) is 0 Å². The van der Waals surface area contributed by atoms with Gasteiger partial charge in [0.1, 0.15) is 0 Å². The topological polar surface area (TPSA) is 126 Å². The maximum absolute atomic E-state index is 13.0. The normalized spacial score (nSPS) is 14.7. The van der Waals surface area contributed by atoms with Crippen LogP contribution in [-0.2, 0) is 29.2 Å². The molecule has 1 heterocycles. The van der Waals surface area contributed by atoms with Gasteiger partial charge in [-0.1, -0.05) is 23.4 Å². The van der Waals surface area contributed by atoms with E-state index in [9.17, 15) is 18.0 Å². The van der Waals surface area contributed by atoms with Crippen LogP contribution < -0.4 is 10.6 Å². The number of ether oxygens (including phenoxy) is 1. The van der Waals surface area contributed by atoms with Gasteiger partial charge in [0.05, 0.1) is 24.3 Å². The van der Waals surface area contributed by atoms with Gasteiger partial charge in [-0.05, 0) is 42.3 Å². The van der Waals surface area contributed by atoms with E-state index in [4.69, 9.17) is 9.57 Å². The van der Waals surface area contributed by atoms with Crippen LogP contribution in [0, 0.1) is 6.92 Å². The first-order valence-corrected chi connectivity index (χ1v) is 11.7. The van der Waals surface area contributed by atoms with Crippen LogP contribution in [0.1, 0.15) is 18.1 Å². The number of amides is 2. The lowest BCUT2D eigenvalue weighted by molar-refractivity contribution is -0.120. The molecular weight excluding hydrogens is 448 g/mol. The van der Waals surface area contributed by atoms with E-state index in [1.807, 2.05) is 0 Å². The molecule has 0 saturated carbocycles. The quantitative estimate of drug-likeness (QED) is 0.445. The van der Waals surface area contributed by atoms with Crippen LogP contribution in [-0.4, -0.2) is 63.7 Å². The fraction of sp³-hybridized carbons (Fsp3) is 0.318. The number of carbonyl (C=O) groups excluding carboxylic acids is 2. The third kappa shape index (κ3) is 6.85. The number of anilines is 2. The van der Waals surface area contributed by atoms with Crippen molar-refractivity contribution in [1.29, 1.82) is 0 Å². The smallest absolute Gasteiger partial charge is 0.265 e. The van der Waals surface area contributed by atoms with Crippen molar-refractivity contribution in [2.24, 2.45) is 5.16 Å². The molecule has 1 aliphatic heterocycles. The van der Waals surface area contributed by atoms with Gasteiger partial charge < -0.3 is 20.2 Å². The van der Waals surface area contributed by atoms with Crippen molar-refractivity contribution in [3.63, 3.8) is 0 Å². The van der Waals surface area contributed by atoms with Crippen molar-refractivity contribution in [3.05, 3.63) is 53.6 Å². The van der Waals surface area contributed by atoms with E-state index in [1.165, 1.54) is 23.5 Å². The largest absolute Gasteiger partial charge is 0.386 e. The average molecular weight is 475 g/mol. The van der Waals surface area contributed by atoms with Crippen LogP contribution in [0.2, 0.25) is 0 Å². The Bertz CT molecular complexity index is 1130. The van der Waals surface area contributed by atoms with Crippen molar-refractivity contribution in [2.45, 2.75) is 18.7 Å². The SMILES string of the molecule is CC(=O)Nc1ccc(C=NOCC(=O)Nc2ccc(C)c(S(=O)(=O)N3CCOCC3)c2)cc1. The molecule has 0 radical (unpaired) electrons. The molecule has 11 heteroatoms. The average Bonchev–Trinajstić information content (AvgIpc) is 2.79. The number of oxime groups is 1. The zero-order chi connectivity index (χ0) is 23.8. The van der Waals surface area contributed by atoms with Crippen LogP contribution in [0.3, 0.4) is 0 Å². The lowest BCUT2D eigenvalue weighted by Crippen LogP contribution is -2.40. The molecule has 0 unspecified atom stereocenters. The van der Waals surface area contributed by atoms with Gasteiger partial charge in [-0.3, -0.25) is 9.59 Å². The number of morpholine rings is 1. The Morgan fingerprint density at radius 1 is 1.09 bits per heavy atom. The maximum Gasteiger partial charge on any atom is 0.265 e. The third-order valence-corrected chi connectivity index (χ3v) is 6.80. The molecule has 2 amide bonds. The van der Waals surface area contributed by atoms with E-state index in [-0.39, 0.29) is 17.4 Å². The van der Waals surface area contributed by atoms with E-state index >= 15 is 0 Å². The van der Waals surface area contributed by atoms with Crippen LogP contribution in [0.25, 0.3) is 0 Å². The summed E-state index contributed by atoms with van der Waals surface area (Å²) in [7, 11) is -3.69. The van der Waals surface area contributed by atoms with E-state index in [2.05, 4.69) is 15.8 Å². The maximum atomic E-state index is 13.0. The first kappa shape index (κ1) is 24.4. The Hall–Kier alpha value is -3.28. The van der Waals surface area contributed by atoms with Crippen molar-refractivity contribution < 1.29 is 27.6 Å². The molecule has 2 aromatic carbocycles. The van der Waals surface area contributed by atoms with Gasteiger partial charge >= 0.3 is 0 Å². The Balaban J connectivity index is 1.55. The lowest BCUT2D eigenvalue weighted by atomic mass is 10.2. The van der Waals surface area contributed by atoms with E-state index < -0.39 is 15.9 Å². The number of aryl methyl sites for hydroxylation is 1. The molecule has 2 aromatic rings. The highest BCUT2D eigenvalue weighted by atomic mass is 32.2. The molecule has 0 aliphatic carbocycles. The zero-order valence-corrected chi connectivity index (χ0v) is 19.2. The lowest BCUT2D eigenvalue weighted by Gasteiger charge is -2.26. The van der Waals surface area contributed by atoms with Crippen molar-refractivity contribution in [2.75, 3.05) is 43.5 Å². The van der Waals surface area contributed by atoms with Gasteiger partial charge in [-0.2, -0.15) is 4.31 Å². The number of hydrogen-bond acceptors (Lipinski definition) is 7. The summed E-state index contributed by atoms with van der Waals surface area (Å²) in [6, 6.07) is 11.6. The Morgan fingerprint density at radius 3 is 2.42 bits per heavy atom. The van der Waals surface area contributed by atoms with E-state index in [0.717, 1.165) is 5.56 Å². The number of nitrogens with one attached hydrogen (secondary N) is 2. The number of carbonyl (C=O) groups is 2. The highest BCUT2D eigenvalue weighted by molar-refractivity contribution is 7.89. The molecule has 176 valence electrons. The van der Waals surface area contributed by atoms with Gasteiger partial charge in [0.25, 0.3) is 5.91 Å². The van der Waals surface area contributed by atoms with Crippen LogP contribution in [0.4, 0.5) is 11.4 Å². The van der Waals surface area contributed by atoms with E-state index in [1.54, 1.807) is 43.3 Å². The summed E-state index contributed by atoms with van der Waals surface area (Å²) in [4.78, 5) is 28.4. The minimum Gasteiger partial charge on any atom is -0.386 e. The predicted molar refractivity (Wildman–Crippen MR) is 124 cm³/mol. The predicted octanol–water partition coefficient (Wildman–Crippen LogP) is 1.96. The minimum atomic E-state index is -3.69. The summed E-state index contributed by atoms with van der Waals surface area (Å²) in [5.74, 6) is -0.642. The zero-order valence-electron chi connectivity index (χ0n) is 18.4. The monoisotopic (exact) mass is 474 g/mol. The third-order valence-electron chi connectivity index (χ3n) is 4.76. The molecule has 1 fully saturated rings. The van der Waals surface area contributed by atoms with Crippen LogP contribution >= 0.6 is 0 Å². The first-order valence-electron chi connectivity index (χ1n) is 10.3. The molecule has 3 rings (SSSR count). The number of hydrogen-bond donors (Lipinski definition) is 2. The van der Waals surface area contributed by atoms with Crippen molar-refractivity contribution in [1.82, 2.24) is 4.31 Å². The Labute approximate surface area is 192 Å². The summed E-state index contributed by atoms with van der Waals surface area (Å²) >= 11 is 0. The van der Waals surface area contributed by atoms with Gasteiger partial charge in [0.2, 0.25) is 15.9 Å². The molecule has 0 atom stereocenters. The molecular formula is C22H26N4O6S.